The summed E-state index contributed by atoms with van der Waals surface area (Å²) in [5.74, 6) is 0. The van der Waals surface area contributed by atoms with Crippen molar-refractivity contribution in [3.05, 3.63) is 35.4 Å². The van der Waals surface area contributed by atoms with E-state index in [-0.39, 0.29) is 0 Å². The van der Waals surface area contributed by atoms with E-state index in [0.717, 1.165) is 13.1 Å². The summed E-state index contributed by atoms with van der Waals surface area (Å²) < 4.78 is 5.16. The van der Waals surface area contributed by atoms with Gasteiger partial charge in [0, 0.05) is 32.8 Å². The monoisotopic (exact) mass is 234 g/mol. The first-order valence-corrected chi connectivity index (χ1v) is 6.28. The molecule has 1 heterocycles. The lowest BCUT2D eigenvalue weighted by molar-refractivity contribution is 0.184. The Balaban J connectivity index is 1.92. The zero-order chi connectivity index (χ0) is 12.1. The highest BCUT2D eigenvalue weighted by atomic mass is 16.5. The van der Waals surface area contributed by atoms with E-state index in [9.17, 15) is 0 Å². The highest BCUT2D eigenvalue weighted by Gasteiger charge is 2.20. The van der Waals surface area contributed by atoms with Crippen LogP contribution in [0.2, 0.25) is 0 Å². The van der Waals surface area contributed by atoms with Crippen LogP contribution in [-0.4, -0.2) is 38.2 Å². The Hall–Kier alpha value is -0.900. The van der Waals surface area contributed by atoms with Crippen molar-refractivity contribution in [3.63, 3.8) is 0 Å². The Labute approximate surface area is 104 Å². The minimum absolute atomic E-state index is 0.664. The van der Waals surface area contributed by atoms with Crippen LogP contribution < -0.4 is 5.32 Å². The number of likely N-dealkylation sites (tertiary alicyclic amines) is 1. The third-order valence-electron chi connectivity index (χ3n) is 3.39. The van der Waals surface area contributed by atoms with Crippen LogP contribution in [0.3, 0.4) is 0 Å². The fourth-order valence-corrected chi connectivity index (χ4v) is 2.45. The molecule has 1 unspecified atom stereocenters. The van der Waals surface area contributed by atoms with Gasteiger partial charge in [-0.2, -0.15) is 0 Å². The molecule has 1 aliphatic heterocycles. The first-order valence-electron chi connectivity index (χ1n) is 6.28. The number of methoxy groups -OCH3 is 1. The van der Waals surface area contributed by atoms with Gasteiger partial charge in [0.2, 0.25) is 0 Å². The summed E-state index contributed by atoms with van der Waals surface area (Å²) in [6, 6.07) is 9.35. The van der Waals surface area contributed by atoms with Gasteiger partial charge in [-0.25, -0.2) is 0 Å². The van der Waals surface area contributed by atoms with Crippen LogP contribution in [0, 0.1) is 0 Å². The van der Waals surface area contributed by atoms with E-state index in [1.54, 1.807) is 7.11 Å². The lowest BCUT2D eigenvalue weighted by Crippen LogP contribution is -2.29. The van der Waals surface area contributed by atoms with Gasteiger partial charge in [0.05, 0.1) is 6.61 Å². The molecule has 0 aromatic heterocycles. The average molecular weight is 234 g/mol. The molecular weight excluding hydrogens is 212 g/mol. The maximum Gasteiger partial charge on any atom is 0.0713 e. The molecule has 1 saturated heterocycles. The van der Waals surface area contributed by atoms with Gasteiger partial charge >= 0.3 is 0 Å². The molecule has 1 aliphatic rings. The summed E-state index contributed by atoms with van der Waals surface area (Å²) in [6.45, 7) is 4.10. The van der Waals surface area contributed by atoms with Crippen LogP contribution in [0.5, 0.6) is 0 Å². The SMILES string of the molecule is CNC1CCN(Cc2cccc(COC)c2)C1. The van der Waals surface area contributed by atoms with Gasteiger partial charge in [0.1, 0.15) is 0 Å². The van der Waals surface area contributed by atoms with Gasteiger partial charge in [-0.05, 0) is 24.6 Å². The third kappa shape index (κ3) is 3.53. The van der Waals surface area contributed by atoms with Gasteiger partial charge in [-0.3, -0.25) is 4.90 Å². The number of rotatable bonds is 5. The summed E-state index contributed by atoms with van der Waals surface area (Å²) >= 11 is 0. The second-order valence-corrected chi connectivity index (χ2v) is 4.76. The van der Waals surface area contributed by atoms with Crippen LogP contribution in [0.4, 0.5) is 0 Å². The largest absolute Gasteiger partial charge is 0.380 e. The number of ether oxygens (including phenoxy) is 1. The number of likely N-dealkylation sites (N-methyl/N-ethyl adjacent to an activating group) is 1. The molecule has 0 bridgehead atoms. The number of benzene rings is 1. The Bertz CT molecular complexity index is 354. The van der Waals surface area contributed by atoms with E-state index in [0.29, 0.717) is 12.6 Å². The second-order valence-electron chi connectivity index (χ2n) is 4.76. The molecule has 0 saturated carbocycles. The van der Waals surface area contributed by atoms with Crippen molar-refractivity contribution >= 4 is 0 Å². The van der Waals surface area contributed by atoms with Crippen LogP contribution in [0.25, 0.3) is 0 Å². The standard InChI is InChI=1S/C14H22N2O/c1-15-14-6-7-16(10-14)9-12-4-3-5-13(8-12)11-17-2/h3-5,8,14-15H,6-7,9-11H2,1-2H3. The van der Waals surface area contributed by atoms with Crippen molar-refractivity contribution in [1.29, 1.82) is 0 Å². The average Bonchev–Trinajstić information content (AvgIpc) is 2.78. The zero-order valence-electron chi connectivity index (χ0n) is 10.8. The summed E-state index contributed by atoms with van der Waals surface area (Å²) in [4.78, 5) is 2.51. The van der Waals surface area contributed by atoms with Crippen molar-refractivity contribution < 1.29 is 4.74 Å². The minimum atomic E-state index is 0.664. The summed E-state index contributed by atoms with van der Waals surface area (Å²) in [5, 5.41) is 3.35. The Morgan fingerprint density at radius 1 is 1.41 bits per heavy atom. The van der Waals surface area contributed by atoms with E-state index in [4.69, 9.17) is 4.74 Å². The molecule has 3 heteroatoms. The fourth-order valence-electron chi connectivity index (χ4n) is 2.45. The third-order valence-corrected chi connectivity index (χ3v) is 3.39. The zero-order valence-corrected chi connectivity index (χ0v) is 10.8. The molecule has 17 heavy (non-hydrogen) atoms. The lowest BCUT2D eigenvalue weighted by Gasteiger charge is -2.16. The van der Waals surface area contributed by atoms with Gasteiger partial charge in [0.15, 0.2) is 0 Å². The normalized spacial score (nSPS) is 20.9. The van der Waals surface area contributed by atoms with Gasteiger partial charge in [-0.15, -0.1) is 0 Å². The van der Waals surface area contributed by atoms with Gasteiger partial charge in [-0.1, -0.05) is 24.3 Å². The minimum Gasteiger partial charge on any atom is -0.380 e. The molecule has 0 amide bonds. The number of nitrogens with zero attached hydrogens (tertiary/aromatic N) is 1. The molecule has 3 nitrogen and oxygen atoms in total. The Kier molecular flexibility index (Phi) is 4.54. The van der Waals surface area contributed by atoms with Crippen LogP contribution in [0.15, 0.2) is 24.3 Å². The molecule has 1 fully saturated rings. The summed E-state index contributed by atoms with van der Waals surface area (Å²) in [5.41, 5.74) is 2.64. The lowest BCUT2D eigenvalue weighted by atomic mass is 10.1. The molecule has 1 atom stereocenters. The first-order chi connectivity index (χ1) is 8.31. The molecule has 1 aromatic carbocycles. The Morgan fingerprint density at radius 2 is 2.24 bits per heavy atom. The van der Waals surface area contributed by atoms with Crippen molar-refractivity contribution in [1.82, 2.24) is 10.2 Å². The van der Waals surface area contributed by atoms with E-state index in [1.807, 2.05) is 7.05 Å². The number of hydrogen-bond donors (Lipinski definition) is 1. The van der Waals surface area contributed by atoms with Crippen molar-refractivity contribution in [2.75, 3.05) is 27.2 Å². The van der Waals surface area contributed by atoms with Crippen molar-refractivity contribution in [3.8, 4) is 0 Å². The maximum absolute atomic E-state index is 5.16. The van der Waals surface area contributed by atoms with Crippen LogP contribution in [0.1, 0.15) is 17.5 Å². The molecule has 2 rings (SSSR count). The fraction of sp³-hybridized carbons (Fsp3) is 0.571. The summed E-state index contributed by atoms with van der Waals surface area (Å²) in [7, 11) is 3.79. The first kappa shape index (κ1) is 12.6. The smallest absolute Gasteiger partial charge is 0.0713 e. The Morgan fingerprint density at radius 3 is 2.94 bits per heavy atom. The van der Waals surface area contributed by atoms with Crippen LogP contribution >= 0.6 is 0 Å². The topological polar surface area (TPSA) is 24.5 Å². The van der Waals surface area contributed by atoms with E-state index >= 15 is 0 Å². The van der Waals surface area contributed by atoms with E-state index < -0.39 is 0 Å². The predicted molar refractivity (Wildman–Crippen MR) is 69.9 cm³/mol. The second kappa shape index (κ2) is 6.15. The van der Waals surface area contributed by atoms with Gasteiger partial charge in [0.25, 0.3) is 0 Å². The van der Waals surface area contributed by atoms with E-state index in [1.165, 1.54) is 24.1 Å². The molecule has 0 aliphatic carbocycles. The number of hydrogen-bond acceptors (Lipinski definition) is 3. The molecular formula is C14H22N2O. The molecule has 0 spiro atoms. The highest BCUT2D eigenvalue weighted by Crippen LogP contribution is 2.14. The molecule has 1 N–H and O–H groups in total. The van der Waals surface area contributed by atoms with Crippen molar-refractivity contribution in [2.24, 2.45) is 0 Å². The maximum atomic E-state index is 5.16. The quantitative estimate of drug-likeness (QED) is 0.838. The molecule has 94 valence electrons. The van der Waals surface area contributed by atoms with Crippen molar-refractivity contribution in [2.45, 2.75) is 25.6 Å². The highest BCUT2D eigenvalue weighted by molar-refractivity contribution is 5.23. The number of nitrogens with one attached hydrogen (secondary N) is 1. The van der Waals surface area contributed by atoms with Crippen LogP contribution in [-0.2, 0) is 17.9 Å². The van der Waals surface area contributed by atoms with E-state index in [2.05, 4.69) is 34.5 Å². The van der Waals surface area contributed by atoms with Gasteiger partial charge < -0.3 is 10.1 Å². The predicted octanol–water partition coefficient (Wildman–Crippen LogP) is 1.63. The molecule has 1 aromatic rings. The summed E-state index contributed by atoms with van der Waals surface area (Å²) in [6.07, 6.45) is 1.26. The molecule has 0 radical (unpaired) electrons.